The summed E-state index contributed by atoms with van der Waals surface area (Å²) in [5.74, 6) is 1.71. The van der Waals surface area contributed by atoms with E-state index in [1.54, 1.807) is 39.3 Å². The van der Waals surface area contributed by atoms with Crippen LogP contribution < -0.4 is 19.5 Å². The maximum absolute atomic E-state index is 13.1. The third-order valence-electron chi connectivity index (χ3n) is 5.58. The number of carbonyl (C=O) groups excluding carboxylic acids is 2. The van der Waals surface area contributed by atoms with Gasteiger partial charge in [-0.3, -0.25) is 9.59 Å². The topological polar surface area (TPSA) is 77.1 Å². The van der Waals surface area contributed by atoms with Gasteiger partial charge < -0.3 is 24.4 Å². The first kappa shape index (κ1) is 22.5. The first-order valence-corrected chi connectivity index (χ1v) is 10.5. The average molecular weight is 427 g/mol. The highest BCUT2D eigenvalue weighted by molar-refractivity contribution is 5.97. The molecular formula is C24H30N2O5. The lowest BCUT2D eigenvalue weighted by Gasteiger charge is -2.32. The van der Waals surface area contributed by atoms with Gasteiger partial charge in [-0.2, -0.15) is 0 Å². The molecule has 1 aliphatic rings. The van der Waals surface area contributed by atoms with Gasteiger partial charge in [0.1, 0.15) is 23.4 Å². The fourth-order valence-electron chi connectivity index (χ4n) is 3.63. The number of carbonyl (C=O) groups is 2. The van der Waals surface area contributed by atoms with Crippen molar-refractivity contribution in [2.75, 3.05) is 27.3 Å². The number of hydrogen-bond acceptors (Lipinski definition) is 5. The smallest absolute Gasteiger partial charge is 0.255 e. The number of piperidine rings is 1. The summed E-state index contributed by atoms with van der Waals surface area (Å²) in [4.78, 5) is 26.5. The van der Waals surface area contributed by atoms with Crippen LogP contribution >= 0.6 is 0 Å². The first-order chi connectivity index (χ1) is 14.9. The van der Waals surface area contributed by atoms with Gasteiger partial charge in [-0.25, -0.2) is 0 Å². The van der Waals surface area contributed by atoms with Crippen LogP contribution in [-0.4, -0.2) is 50.1 Å². The third-order valence-corrected chi connectivity index (χ3v) is 5.58. The van der Waals surface area contributed by atoms with Crippen molar-refractivity contribution in [1.82, 2.24) is 10.2 Å². The summed E-state index contributed by atoms with van der Waals surface area (Å²) in [5, 5.41) is 3.03. The molecule has 1 N–H and O–H groups in total. The molecule has 2 aromatic rings. The average Bonchev–Trinajstić information content (AvgIpc) is 2.79. The van der Waals surface area contributed by atoms with Crippen LogP contribution in [-0.2, 0) is 4.79 Å². The Morgan fingerprint density at radius 3 is 2.19 bits per heavy atom. The van der Waals surface area contributed by atoms with Crippen molar-refractivity contribution in [2.24, 2.45) is 0 Å². The number of benzene rings is 2. The van der Waals surface area contributed by atoms with Gasteiger partial charge in [0.15, 0.2) is 0 Å². The quantitative estimate of drug-likeness (QED) is 0.732. The van der Waals surface area contributed by atoms with Gasteiger partial charge in [0.25, 0.3) is 5.91 Å². The molecule has 1 aliphatic heterocycles. The Hall–Kier alpha value is -3.22. The van der Waals surface area contributed by atoms with E-state index >= 15 is 0 Å². The SMILES string of the molecule is COc1ccc([C@@H](C)NC(=O)c2cc(OC)ccc2OC2CCN(C(C)=O)CC2)cc1. The molecule has 1 fully saturated rings. The van der Waals surface area contributed by atoms with Crippen molar-refractivity contribution in [3.63, 3.8) is 0 Å². The summed E-state index contributed by atoms with van der Waals surface area (Å²) in [7, 11) is 3.18. The Morgan fingerprint density at radius 2 is 1.61 bits per heavy atom. The summed E-state index contributed by atoms with van der Waals surface area (Å²) in [6.07, 6.45) is 1.42. The molecule has 3 rings (SSSR count). The highest BCUT2D eigenvalue weighted by Crippen LogP contribution is 2.28. The Labute approximate surface area is 183 Å². The number of nitrogens with one attached hydrogen (secondary N) is 1. The molecule has 0 saturated carbocycles. The van der Waals surface area contributed by atoms with Gasteiger partial charge >= 0.3 is 0 Å². The van der Waals surface area contributed by atoms with Crippen molar-refractivity contribution in [3.8, 4) is 17.2 Å². The van der Waals surface area contributed by atoms with Crippen LogP contribution in [0.3, 0.4) is 0 Å². The number of amides is 2. The van der Waals surface area contributed by atoms with Crippen LogP contribution in [0.1, 0.15) is 48.7 Å². The molecular weight excluding hydrogens is 396 g/mol. The van der Waals surface area contributed by atoms with E-state index in [1.165, 1.54) is 0 Å². The van der Waals surface area contributed by atoms with Crippen molar-refractivity contribution in [1.29, 1.82) is 0 Å². The largest absolute Gasteiger partial charge is 0.497 e. The van der Waals surface area contributed by atoms with Crippen LogP contribution in [0.4, 0.5) is 0 Å². The molecule has 0 spiro atoms. The molecule has 2 amide bonds. The molecule has 1 saturated heterocycles. The second-order valence-corrected chi connectivity index (χ2v) is 7.65. The van der Waals surface area contributed by atoms with Gasteiger partial charge in [0.05, 0.1) is 25.8 Å². The molecule has 7 heteroatoms. The summed E-state index contributed by atoms with van der Waals surface area (Å²) in [5.41, 5.74) is 1.39. The maximum Gasteiger partial charge on any atom is 0.255 e. The van der Waals surface area contributed by atoms with Crippen molar-refractivity contribution < 1.29 is 23.8 Å². The number of rotatable bonds is 7. The predicted molar refractivity (Wildman–Crippen MR) is 118 cm³/mol. The number of methoxy groups -OCH3 is 2. The second kappa shape index (κ2) is 10.2. The maximum atomic E-state index is 13.1. The van der Waals surface area contributed by atoms with E-state index in [0.717, 1.165) is 24.2 Å². The lowest BCUT2D eigenvalue weighted by Crippen LogP contribution is -2.40. The summed E-state index contributed by atoms with van der Waals surface area (Å²) in [6.45, 7) is 4.83. The van der Waals surface area contributed by atoms with E-state index in [0.29, 0.717) is 30.2 Å². The zero-order valence-electron chi connectivity index (χ0n) is 18.5. The van der Waals surface area contributed by atoms with Gasteiger partial charge in [-0.15, -0.1) is 0 Å². The molecule has 1 heterocycles. The van der Waals surface area contributed by atoms with Crippen LogP contribution in [0.15, 0.2) is 42.5 Å². The first-order valence-electron chi connectivity index (χ1n) is 10.5. The van der Waals surface area contributed by atoms with Crippen LogP contribution in [0, 0.1) is 0 Å². The minimum Gasteiger partial charge on any atom is -0.497 e. The van der Waals surface area contributed by atoms with Crippen molar-refractivity contribution >= 4 is 11.8 Å². The zero-order chi connectivity index (χ0) is 22.4. The normalized spacial score (nSPS) is 15.2. The molecule has 0 radical (unpaired) electrons. The minimum absolute atomic E-state index is 0.0467. The molecule has 7 nitrogen and oxygen atoms in total. The zero-order valence-corrected chi connectivity index (χ0v) is 18.5. The predicted octanol–water partition coefficient (Wildman–Crippen LogP) is 3.58. The van der Waals surface area contributed by atoms with Crippen molar-refractivity contribution in [3.05, 3.63) is 53.6 Å². The van der Waals surface area contributed by atoms with E-state index in [4.69, 9.17) is 14.2 Å². The minimum atomic E-state index is -0.238. The van der Waals surface area contributed by atoms with E-state index in [1.807, 2.05) is 36.1 Å². The summed E-state index contributed by atoms with van der Waals surface area (Å²) in [6, 6.07) is 12.6. The van der Waals surface area contributed by atoms with Crippen LogP contribution in [0.25, 0.3) is 0 Å². The molecule has 166 valence electrons. The number of likely N-dealkylation sites (tertiary alicyclic amines) is 1. The highest BCUT2D eigenvalue weighted by Gasteiger charge is 2.24. The van der Waals surface area contributed by atoms with Gasteiger partial charge in [-0.1, -0.05) is 12.1 Å². The van der Waals surface area contributed by atoms with E-state index < -0.39 is 0 Å². The number of ether oxygens (including phenoxy) is 3. The number of hydrogen-bond donors (Lipinski definition) is 1. The highest BCUT2D eigenvalue weighted by atomic mass is 16.5. The lowest BCUT2D eigenvalue weighted by atomic mass is 10.1. The van der Waals surface area contributed by atoms with E-state index in [2.05, 4.69) is 5.32 Å². The Kier molecular flexibility index (Phi) is 7.39. The van der Waals surface area contributed by atoms with Gasteiger partial charge in [0, 0.05) is 32.9 Å². The van der Waals surface area contributed by atoms with Crippen LogP contribution in [0.5, 0.6) is 17.2 Å². The molecule has 0 bridgehead atoms. The monoisotopic (exact) mass is 426 g/mol. The van der Waals surface area contributed by atoms with E-state index in [9.17, 15) is 9.59 Å². The lowest BCUT2D eigenvalue weighted by molar-refractivity contribution is -0.130. The second-order valence-electron chi connectivity index (χ2n) is 7.65. The van der Waals surface area contributed by atoms with Gasteiger partial charge in [-0.05, 0) is 42.8 Å². The molecule has 1 atom stereocenters. The molecule has 2 aromatic carbocycles. The Morgan fingerprint density at radius 1 is 1.00 bits per heavy atom. The fourth-order valence-corrected chi connectivity index (χ4v) is 3.63. The van der Waals surface area contributed by atoms with E-state index in [-0.39, 0.29) is 24.0 Å². The van der Waals surface area contributed by atoms with Gasteiger partial charge in [0.2, 0.25) is 5.91 Å². The summed E-state index contributed by atoms with van der Waals surface area (Å²) >= 11 is 0. The van der Waals surface area contributed by atoms with Crippen molar-refractivity contribution in [2.45, 2.75) is 38.8 Å². The Balaban J connectivity index is 1.72. The van der Waals surface area contributed by atoms with Crippen LogP contribution in [0.2, 0.25) is 0 Å². The molecule has 0 aliphatic carbocycles. The standard InChI is InChI=1S/C24H30N2O5/c1-16(18-5-7-19(29-3)8-6-18)25-24(28)22-15-21(30-4)9-10-23(22)31-20-11-13-26(14-12-20)17(2)27/h5-10,15-16,20H,11-14H2,1-4H3,(H,25,28)/t16-/m1/s1. The third kappa shape index (κ3) is 5.69. The molecule has 0 aromatic heterocycles. The molecule has 0 unspecified atom stereocenters. The Bertz CT molecular complexity index is 905. The molecule has 31 heavy (non-hydrogen) atoms. The number of nitrogens with zero attached hydrogens (tertiary/aromatic N) is 1. The summed E-state index contributed by atoms with van der Waals surface area (Å²) < 4.78 is 16.7. The fraction of sp³-hybridized carbons (Fsp3) is 0.417.